The summed E-state index contributed by atoms with van der Waals surface area (Å²) in [5.41, 5.74) is 1.60. The molecular formula is C24H37N3O3. The van der Waals surface area contributed by atoms with Gasteiger partial charge in [-0.15, -0.1) is 0 Å². The van der Waals surface area contributed by atoms with E-state index >= 15 is 0 Å². The fourth-order valence-corrected chi connectivity index (χ4v) is 5.10. The molecule has 2 fully saturated rings. The molecule has 1 N–H and O–H groups in total. The predicted octanol–water partition coefficient (Wildman–Crippen LogP) is 3.83. The molecule has 0 aromatic heterocycles. The zero-order valence-corrected chi connectivity index (χ0v) is 19.1. The van der Waals surface area contributed by atoms with Crippen molar-refractivity contribution in [2.24, 2.45) is 11.3 Å². The first-order valence-electron chi connectivity index (χ1n) is 11.2. The Hall–Kier alpha value is -2.08. The number of urea groups is 1. The van der Waals surface area contributed by atoms with Gasteiger partial charge in [-0.3, -0.25) is 4.90 Å². The van der Waals surface area contributed by atoms with Crippen LogP contribution in [0.4, 0.5) is 4.79 Å². The molecule has 2 heterocycles. The van der Waals surface area contributed by atoms with Crippen LogP contribution in [0.15, 0.2) is 30.3 Å². The molecule has 2 amide bonds. The third-order valence-electron chi connectivity index (χ3n) is 6.72. The highest BCUT2D eigenvalue weighted by Gasteiger charge is 2.54. The van der Waals surface area contributed by atoms with Crippen molar-refractivity contribution < 1.29 is 14.3 Å². The maximum Gasteiger partial charge on any atom is 0.328 e. The van der Waals surface area contributed by atoms with Crippen molar-refractivity contribution in [3.63, 3.8) is 0 Å². The molecule has 0 bridgehead atoms. The van der Waals surface area contributed by atoms with Crippen molar-refractivity contribution in [2.45, 2.75) is 65.1 Å². The maximum absolute atomic E-state index is 12.8. The number of carbonyl (C=O) groups excluding carboxylic acids is 2. The van der Waals surface area contributed by atoms with E-state index in [1.54, 1.807) is 0 Å². The number of carbonyl (C=O) groups is 2. The Morgan fingerprint density at radius 2 is 1.77 bits per heavy atom. The summed E-state index contributed by atoms with van der Waals surface area (Å²) in [6, 6.07) is 10.9. The van der Waals surface area contributed by atoms with Crippen molar-refractivity contribution >= 4 is 12.0 Å². The lowest BCUT2D eigenvalue weighted by molar-refractivity contribution is -0.143. The first kappa shape index (κ1) is 22.6. The third-order valence-corrected chi connectivity index (χ3v) is 6.72. The minimum absolute atomic E-state index is 0.155. The summed E-state index contributed by atoms with van der Waals surface area (Å²) < 4.78 is 4.88. The summed E-state index contributed by atoms with van der Waals surface area (Å²) in [7, 11) is 1.37. The molecule has 1 aromatic carbocycles. The van der Waals surface area contributed by atoms with Crippen LogP contribution in [0.5, 0.6) is 0 Å². The van der Waals surface area contributed by atoms with Gasteiger partial charge in [-0.05, 0) is 44.6 Å². The van der Waals surface area contributed by atoms with E-state index in [0.717, 1.165) is 32.5 Å². The number of rotatable bonds is 6. The predicted molar refractivity (Wildman–Crippen MR) is 118 cm³/mol. The molecular weight excluding hydrogens is 378 g/mol. The number of nitrogens with zero attached hydrogens (tertiary/aromatic N) is 2. The van der Waals surface area contributed by atoms with E-state index in [9.17, 15) is 9.59 Å². The number of ether oxygens (including phenoxy) is 1. The largest absolute Gasteiger partial charge is 0.467 e. The minimum Gasteiger partial charge on any atom is -0.467 e. The van der Waals surface area contributed by atoms with Gasteiger partial charge in [0.05, 0.1) is 7.11 Å². The van der Waals surface area contributed by atoms with Crippen molar-refractivity contribution in [1.82, 2.24) is 15.1 Å². The number of hydrogen-bond donors (Lipinski definition) is 1. The molecule has 1 spiro atoms. The number of hydrogen-bond acceptors (Lipinski definition) is 4. The molecule has 166 valence electrons. The van der Waals surface area contributed by atoms with Gasteiger partial charge < -0.3 is 15.0 Å². The fourth-order valence-electron chi connectivity index (χ4n) is 5.10. The standard InChI is InChI=1S/C24H37N3O3/c1-17(2)15-20(22(28)30-5)25-23(29)26-13-11-24(12-14-26)16-27(18(3)4)21(24)19-9-7-6-8-10-19/h6-10,17-18,20-21H,11-16H2,1-5H3,(H,25,29)/t20-,21?/m0/s1. The summed E-state index contributed by atoms with van der Waals surface area (Å²) in [6.07, 6.45) is 2.54. The lowest BCUT2D eigenvalue weighted by Gasteiger charge is -2.62. The van der Waals surface area contributed by atoms with Crippen molar-refractivity contribution in [3.8, 4) is 0 Å². The van der Waals surface area contributed by atoms with Crippen LogP contribution in [0.3, 0.4) is 0 Å². The zero-order chi connectivity index (χ0) is 21.9. The molecule has 0 aliphatic carbocycles. The van der Waals surface area contributed by atoms with Gasteiger partial charge >= 0.3 is 12.0 Å². The number of piperidine rings is 1. The SMILES string of the molecule is COC(=O)[C@H](CC(C)C)NC(=O)N1CCC2(CC1)CN(C(C)C)C2c1ccccc1. The van der Waals surface area contributed by atoms with E-state index in [1.807, 2.05) is 18.7 Å². The zero-order valence-electron chi connectivity index (χ0n) is 19.1. The van der Waals surface area contributed by atoms with Gasteiger partial charge in [0.2, 0.25) is 0 Å². The first-order valence-corrected chi connectivity index (χ1v) is 11.2. The Morgan fingerprint density at radius 1 is 1.13 bits per heavy atom. The van der Waals surface area contributed by atoms with Gasteiger partial charge in [0.25, 0.3) is 0 Å². The van der Waals surface area contributed by atoms with Gasteiger partial charge in [-0.25, -0.2) is 9.59 Å². The summed E-state index contributed by atoms with van der Waals surface area (Å²) in [5.74, 6) is -0.0797. The molecule has 30 heavy (non-hydrogen) atoms. The highest BCUT2D eigenvalue weighted by Crippen LogP contribution is 2.55. The number of methoxy groups -OCH3 is 1. The Morgan fingerprint density at radius 3 is 2.30 bits per heavy atom. The minimum atomic E-state index is -0.587. The monoisotopic (exact) mass is 415 g/mol. The third kappa shape index (κ3) is 4.64. The van der Waals surface area contributed by atoms with Crippen LogP contribution in [0.2, 0.25) is 0 Å². The summed E-state index contributed by atoms with van der Waals surface area (Å²) >= 11 is 0. The van der Waals surface area contributed by atoms with Gasteiger partial charge in [0.1, 0.15) is 6.04 Å². The molecule has 6 nitrogen and oxygen atoms in total. The molecule has 1 unspecified atom stereocenters. The molecule has 2 aliphatic heterocycles. The molecule has 0 saturated carbocycles. The van der Waals surface area contributed by atoms with Gasteiger partial charge in [0.15, 0.2) is 0 Å². The highest BCUT2D eigenvalue weighted by atomic mass is 16.5. The summed E-state index contributed by atoms with van der Waals surface area (Å²) in [5, 5.41) is 2.90. The summed E-state index contributed by atoms with van der Waals surface area (Å²) in [4.78, 5) is 29.3. The second-order valence-corrected chi connectivity index (χ2v) is 9.58. The van der Waals surface area contributed by atoms with Crippen molar-refractivity contribution in [2.75, 3.05) is 26.7 Å². The maximum atomic E-state index is 12.8. The Bertz CT molecular complexity index is 726. The fraction of sp³-hybridized carbons (Fsp3) is 0.667. The van der Waals surface area contributed by atoms with Crippen molar-refractivity contribution in [3.05, 3.63) is 35.9 Å². The lowest BCUT2D eigenvalue weighted by Crippen LogP contribution is -2.64. The van der Waals surface area contributed by atoms with Crippen LogP contribution >= 0.6 is 0 Å². The van der Waals surface area contributed by atoms with Crippen LogP contribution < -0.4 is 5.32 Å². The molecule has 0 radical (unpaired) electrons. The van der Waals surface area contributed by atoms with E-state index in [2.05, 4.69) is 54.4 Å². The van der Waals surface area contributed by atoms with E-state index in [0.29, 0.717) is 24.4 Å². The number of likely N-dealkylation sites (tertiary alicyclic amines) is 2. The molecule has 2 aliphatic rings. The normalized spacial score (nSPS) is 22.1. The first-order chi connectivity index (χ1) is 14.3. The van der Waals surface area contributed by atoms with Gasteiger partial charge in [-0.1, -0.05) is 44.2 Å². The van der Waals surface area contributed by atoms with E-state index in [-0.39, 0.29) is 17.4 Å². The Labute approximate surface area is 180 Å². The van der Waals surface area contributed by atoms with Gasteiger partial charge in [-0.2, -0.15) is 0 Å². The van der Waals surface area contributed by atoms with Gasteiger partial charge in [0, 0.05) is 37.1 Å². The topological polar surface area (TPSA) is 61.9 Å². The Kier molecular flexibility index (Phi) is 7.06. The molecule has 6 heteroatoms. The van der Waals surface area contributed by atoms with Crippen molar-refractivity contribution in [1.29, 1.82) is 0 Å². The van der Waals surface area contributed by atoms with Crippen LogP contribution in [-0.2, 0) is 9.53 Å². The number of benzene rings is 1. The molecule has 2 saturated heterocycles. The quantitative estimate of drug-likeness (QED) is 0.718. The average molecular weight is 416 g/mol. The van der Waals surface area contributed by atoms with E-state index in [1.165, 1.54) is 12.7 Å². The number of amides is 2. The van der Waals surface area contributed by atoms with Crippen LogP contribution in [0, 0.1) is 11.3 Å². The van der Waals surface area contributed by atoms with Crippen LogP contribution in [0.1, 0.15) is 58.6 Å². The average Bonchev–Trinajstić information content (AvgIpc) is 2.71. The second kappa shape index (κ2) is 9.38. The highest BCUT2D eigenvalue weighted by molar-refractivity contribution is 5.83. The second-order valence-electron chi connectivity index (χ2n) is 9.58. The summed E-state index contributed by atoms with van der Waals surface area (Å²) in [6.45, 7) is 11.1. The number of esters is 1. The van der Waals surface area contributed by atoms with E-state index < -0.39 is 6.04 Å². The Balaban J connectivity index is 1.64. The van der Waals surface area contributed by atoms with E-state index in [4.69, 9.17) is 4.74 Å². The lowest BCUT2D eigenvalue weighted by atomic mass is 9.62. The molecule has 1 aromatic rings. The smallest absolute Gasteiger partial charge is 0.328 e. The van der Waals surface area contributed by atoms with Crippen LogP contribution in [-0.4, -0.2) is 60.6 Å². The van der Waals surface area contributed by atoms with Crippen LogP contribution in [0.25, 0.3) is 0 Å². The molecule has 2 atom stereocenters. The number of nitrogens with one attached hydrogen (secondary N) is 1. The molecule has 3 rings (SSSR count).